The highest BCUT2D eigenvalue weighted by Crippen LogP contribution is 2.26. The number of nitro benzene ring substituents is 1. The van der Waals surface area contributed by atoms with Crippen LogP contribution in [-0.4, -0.2) is 28.3 Å². The van der Waals surface area contributed by atoms with Crippen LogP contribution in [0.4, 0.5) is 5.69 Å². The SMILES string of the molecule is O=C(O)C1CCC(/N=C/c2ccc([N+](=O)[O-])cc2)CC1. The minimum Gasteiger partial charge on any atom is -0.481 e. The lowest BCUT2D eigenvalue weighted by atomic mass is 9.86. The van der Waals surface area contributed by atoms with Crippen LogP contribution in [0.1, 0.15) is 31.2 Å². The van der Waals surface area contributed by atoms with Crippen molar-refractivity contribution in [2.24, 2.45) is 10.9 Å². The van der Waals surface area contributed by atoms with Gasteiger partial charge in [0.15, 0.2) is 0 Å². The maximum atomic E-state index is 10.8. The van der Waals surface area contributed by atoms with Crippen LogP contribution in [0.5, 0.6) is 0 Å². The molecule has 0 unspecified atom stereocenters. The number of nitrogens with zero attached hydrogens (tertiary/aromatic N) is 2. The zero-order valence-electron chi connectivity index (χ0n) is 10.9. The van der Waals surface area contributed by atoms with E-state index in [0.29, 0.717) is 12.8 Å². The summed E-state index contributed by atoms with van der Waals surface area (Å²) < 4.78 is 0. The molecule has 0 aromatic heterocycles. The van der Waals surface area contributed by atoms with E-state index < -0.39 is 10.9 Å². The fraction of sp³-hybridized carbons (Fsp3) is 0.429. The lowest BCUT2D eigenvalue weighted by Gasteiger charge is -2.22. The summed E-state index contributed by atoms with van der Waals surface area (Å²) in [6, 6.07) is 6.36. The highest BCUT2D eigenvalue weighted by molar-refractivity contribution is 5.80. The highest BCUT2D eigenvalue weighted by atomic mass is 16.6. The van der Waals surface area contributed by atoms with Crippen molar-refractivity contribution in [1.82, 2.24) is 0 Å². The van der Waals surface area contributed by atoms with Gasteiger partial charge in [0.25, 0.3) is 5.69 Å². The van der Waals surface area contributed by atoms with Gasteiger partial charge in [0.2, 0.25) is 0 Å². The molecule has 1 aliphatic carbocycles. The number of rotatable bonds is 4. The van der Waals surface area contributed by atoms with Crippen molar-refractivity contribution in [3.8, 4) is 0 Å². The van der Waals surface area contributed by atoms with Crippen molar-refractivity contribution in [2.75, 3.05) is 0 Å². The predicted molar refractivity (Wildman–Crippen MR) is 74.1 cm³/mol. The molecule has 1 aliphatic rings. The van der Waals surface area contributed by atoms with Gasteiger partial charge in [-0.3, -0.25) is 19.9 Å². The van der Waals surface area contributed by atoms with Crippen LogP contribution in [0.3, 0.4) is 0 Å². The molecule has 1 saturated carbocycles. The Balaban J connectivity index is 1.90. The molecule has 0 atom stereocenters. The van der Waals surface area contributed by atoms with Crippen molar-refractivity contribution < 1.29 is 14.8 Å². The first-order valence-electron chi connectivity index (χ1n) is 6.56. The quantitative estimate of drug-likeness (QED) is 0.519. The number of carboxylic acid groups (broad SMARTS) is 1. The van der Waals surface area contributed by atoms with Crippen LogP contribution in [0.15, 0.2) is 29.3 Å². The van der Waals surface area contributed by atoms with E-state index in [4.69, 9.17) is 5.11 Å². The van der Waals surface area contributed by atoms with Crippen molar-refractivity contribution in [1.29, 1.82) is 0 Å². The molecule has 0 aliphatic heterocycles. The van der Waals surface area contributed by atoms with Crippen LogP contribution in [0.25, 0.3) is 0 Å². The summed E-state index contributed by atoms with van der Waals surface area (Å²) in [7, 11) is 0. The normalized spacial score (nSPS) is 22.8. The van der Waals surface area contributed by atoms with Crippen LogP contribution in [-0.2, 0) is 4.79 Å². The molecule has 1 aromatic carbocycles. The highest BCUT2D eigenvalue weighted by Gasteiger charge is 2.25. The largest absolute Gasteiger partial charge is 0.481 e. The van der Waals surface area contributed by atoms with Gasteiger partial charge >= 0.3 is 5.97 Å². The fourth-order valence-electron chi connectivity index (χ4n) is 2.35. The second-order valence-electron chi connectivity index (χ2n) is 4.97. The summed E-state index contributed by atoms with van der Waals surface area (Å²) in [6.45, 7) is 0. The maximum absolute atomic E-state index is 10.8. The van der Waals surface area contributed by atoms with Gasteiger partial charge in [-0.05, 0) is 43.4 Å². The van der Waals surface area contributed by atoms with E-state index in [1.165, 1.54) is 12.1 Å². The first kappa shape index (κ1) is 14.2. The molecule has 0 bridgehead atoms. The van der Waals surface area contributed by atoms with Gasteiger partial charge in [-0.2, -0.15) is 0 Å². The Morgan fingerprint density at radius 2 is 1.85 bits per heavy atom. The molecular weight excluding hydrogens is 260 g/mol. The topological polar surface area (TPSA) is 92.8 Å². The molecule has 0 amide bonds. The van der Waals surface area contributed by atoms with E-state index >= 15 is 0 Å². The smallest absolute Gasteiger partial charge is 0.306 e. The first-order chi connectivity index (χ1) is 9.56. The molecule has 20 heavy (non-hydrogen) atoms. The summed E-state index contributed by atoms with van der Waals surface area (Å²) in [5, 5.41) is 19.4. The van der Waals surface area contributed by atoms with Crippen LogP contribution in [0, 0.1) is 16.0 Å². The Morgan fingerprint density at radius 3 is 2.35 bits per heavy atom. The molecule has 0 saturated heterocycles. The third-order valence-corrected chi connectivity index (χ3v) is 3.58. The number of carboxylic acids is 1. The lowest BCUT2D eigenvalue weighted by Crippen LogP contribution is -2.23. The summed E-state index contributed by atoms with van der Waals surface area (Å²) in [6.07, 6.45) is 4.59. The van der Waals surface area contributed by atoms with Crippen molar-refractivity contribution in [3.05, 3.63) is 39.9 Å². The summed E-state index contributed by atoms with van der Waals surface area (Å²) in [5.41, 5.74) is 0.875. The molecule has 106 valence electrons. The minimum absolute atomic E-state index is 0.0594. The summed E-state index contributed by atoms with van der Waals surface area (Å²) in [5.74, 6) is -0.955. The van der Waals surface area contributed by atoms with Crippen LogP contribution in [0.2, 0.25) is 0 Å². The lowest BCUT2D eigenvalue weighted by molar-refractivity contribution is -0.384. The number of non-ortho nitro benzene ring substituents is 1. The number of aliphatic carboxylic acids is 1. The molecule has 1 fully saturated rings. The molecule has 6 heteroatoms. The predicted octanol–water partition coefficient (Wildman–Crippen LogP) is 2.66. The third kappa shape index (κ3) is 3.63. The molecule has 1 N–H and O–H groups in total. The van der Waals surface area contributed by atoms with E-state index in [9.17, 15) is 14.9 Å². The van der Waals surface area contributed by atoms with Gasteiger partial charge in [-0.1, -0.05) is 0 Å². The van der Waals surface area contributed by atoms with Crippen LogP contribution >= 0.6 is 0 Å². The average molecular weight is 276 g/mol. The average Bonchev–Trinajstić information content (AvgIpc) is 2.46. The zero-order chi connectivity index (χ0) is 14.5. The molecule has 6 nitrogen and oxygen atoms in total. The van der Waals surface area contributed by atoms with Gasteiger partial charge in [-0.25, -0.2) is 0 Å². The van der Waals surface area contributed by atoms with Crippen molar-refractivity contribution >= 4 is 17.9 Å². The van der Waals surface area contributed by atoms with Crippen LogP contribution < -0.4 is 0 Å². The van der Waals surface area contributed by atoms with E-state index in [0.717, 1.165) is 18.4 Å². The Hall–Kier alpha value is -2.24. The van der Waals surface area contributed by atoms with E-state index in [1.54, 1.807) is 18.3 Å². The Kier molecular flexibility index (Phi) is 4.45. The minimum atomic E-state index is -0.720. The van der Waals surface area contributed by atoms with Gasteiger partial charge < -0.3 is 5.11 Å². The first-order valence-corrected chi connectivity index (χ1v) is 6.56. The standard InChI is InChI=1S/C14H16N2O4/c17-14(18)11-3-5-12(6-4-11)15-9-10-1-7-13(8-2-10)16(19)20/h1-2,7-9,11-12H,3-6H2,(H,17,18)/b15-9+. The number of nitro groups is 1. The van der Waals surface area contributed by atoms with Gasteiger partial charge in [0.05, 0.1) is 10.8 Å². The van der Waals surface area contributed by atoms with E-state index in [1.807, 2.05) is 0 Å². The van der Waals surface area contributed by atoms with Gasteiger partial charge in [0, 0.05) is 24.4 Å². The second-order valence-corrected chi connectivity index (χ2v) is 4.97. The Morgan fingerprint density at radius 1 is 1.25 bits per heavy atom. The van der Waals surface area contributed by atoms with Crippen molar-refractivity contribution in [2.45, 2.75) is 31.7 Å². The third-order valence-electron chi connectivity index (χ3n) is 3.58. The molecule has 0 spiro atoms. The molecule has 0 heterocycles. The molecule has 0 radical (unpaired) electrons. The van der Waals surface area contributed by atoms with E-state index in [-0.39, 0.29) is 17.6 Å². The Labute approximate surface area is 116 Å². The van der Waals surface area contributed by atoms with Gasteiger partial charge in [0.1, 0.15) is 0 Å². The molecule has 2 rings (SSSR count). The molecule has 1 aromatic rings. The summed E-state index contributed by atoms with van der Waals surface area (Å²) in [4.78, 5) is 25.4. The zero-order valence-corrected chi connectivity index (χ0v) is 10.9. The van der Waals surface area contributed by atoms with E-state index in [2.05, 4.69) is 4.99 Å². The second kappa shape index (κ2) is 6.27. The number of benzene rings is 1. The number of hydrogen-bond acceptors (Lipinski definition) is 4. The molecular formula is C14H16N2O4. The summed E-state index contributed by atoms with van der Waals surface area (Å²) >= 11 is 0. The Bertz CT molecular complexity index is 516. The van der Waals surface area contributed by atoms with Crippen molar-refractivity contribution in [3.63, 3.8) is 0 Å². The monoisotopic (exact) mass is 276 g/mol. The number of aliphatic imine (C=N–C) groups is 1. The fourth-order valence-corrected chi connectivity index (χ4v) is 2.35. The van der Waals surface area contributed by atoms with Gasteiger partial charge in [-0.15, -0.1) is 0 Å². The maximum Gasteiger partial charge on any atom is 0.306 e. The number of hydrogen-bond donors (Lipinski definition) is 1. The number of carbonyl (C=O) groups is 1.